The molecule has 0 aliphatic heterocycles. The highest BCUT2D eigenvalue weighted by Crippen LogP contribution is 2.32. The van der Waals surface area contributed by atoms with Crippen LogP contribution in [0.4, 0.5) is 18.9 Å². The molecule has 0 atom stereocenters. The van der Waals surface area contributed by atoms with Gasteiger partial charge in [0.05, 0.1) is 5.56 Å². The largest absolute Gasteiger partial charge is 0.483 e. The standard InChI is InChI=1S/C19H20F3NO2/c1-18(2,3)15-9-4-5-10-16(15)25-12-17(24)23-14-8-6-7-13(11-14)19(20,21)22/h4-11H,12H2,1-3H3,(H,23,24). The monoisotopic (exact) mass is 351 g/mol. The van der Waals surface area contributed by atoms with Crippen LogP contribution in [-0.4, -0.2) is 12.5 Å². The van der Waals surface area contributed by atoms with Crippen LogP contribution in [0, 0.1) is 0 Å². The van der Waals surface area contributed by atoms with E-state index >= 15 is 0 Å². The number of carbonyl (C=O) groups is 1. The van der Waals surface area contributed by atoms with Crippen LogP contribution in [0.1, 0.15) is 31.9 Å². The lowest BCUT2D eigenvalue weighted by Crippen LogP contribution is -2.22. The van der Waals surface area contributed by atoms with E-state index < -0.39 is 17.6 Å². The molecule has 134 valence electrons. The number of amides is 1. The normalized spacial score (nSPS) is 11.9. The highest BCUT2D eigenvalue weighted by atomic mass is 19.4. The topological polar surface area (TPSA) is 38.3 Å². The first kappa shape index (κ1) is 18.8. The van der Waals surface area contributed by atoms with Crippen LogP contribution in [0.25, 0.3) is 0 Å². The molecule has 0 fully saturated rings. The second kappa shape index (κ2) is 7.17. The maximum Gasteiger partial charge on any atom is 0.416 e. The van der Waals surface area contributed by atoms with Crippen LogP contribution in [0.2, 0.25) is 0 Å². The molecule has 2 rings (SSSR count). The number of nitrogens with one attached hydrogen (secondary N) is 1. The summed E-state index contributed by atoms with van der Waals surface area (Å²) >= 11 is 0. The third kappa shape index (κ3) is 5.24. The fourth-order valence-electron chi connectivity index (χ4n) is 2.33. The molecule has 2 aromatic carbocycles. The van der Waals surface area contributed by atoms with Gasteiger partial charge in [-0.05, 0) is 35.2 Å². The molecule has 1 N–H and O–H groups in total. The van der Waals surface area contributed by atoms with Crippen molar-refractivity contribution in [3.05, 3.63) is 59.7 Å². The number of hydrogen-bond acceptors (Lipinski definition) is 2. The van der Waals surface area contributed by atoms with E-state index in [1.54, 1.807) is 12.1 Å². The zero-order valence-electron chi connectivity index (χ0n) is 14.3. The molecule has 0 aliphatic carbocycles. The van der Waals surface area contributed by atoms with Crippen molar-refractivity contribution < 1.29 is 22.7 Å². The average molecular weight is 351 g/mol. The Bertz CT molecular complexity index is 749. The van der Waals surface area contributed by atoms with E-state index in [9.17, 15) is 18.0 Å². The Morgan fingerprint density at radius 2 is 1.72 bits per heavy atom. The Labute approximate surface area is 144 Å². The van der Waals surface area contributed by atoms with Crippen LogP contribution < -0.4 is 10.1 Å². The van der Waals surface area contributed by atoms with Crippen molar-refractivity contribution in [1.29, 1.82) is 0 Å². The van der Waals surface area contributed by atoms with Gasteiger partial charge in [-0.1, -0.05) is 45.0 Å². The summed E-state index contributed by atoms with van der Waals surface area (Å²) in [7, 11) is 0. The molecule has 0 unspecified atom stereocenters. The molecule has 0 bridgehead atoms. The van der Waals surface area contributed by atoms with Crippen LogP contribution in [0.5, 0.6) is 5.75 Å². The first-order chi connectivity index (χ1) is 11.6. The maximum atomic E-state index is 12.7. The van der Waals surface area contributed by atoms with Crippen molar-refractivity contribution >= 4 is 11.6 Å². The van der Waals surface area contributed by atoms with Crippen molar-refractivity contribution in [3.8, 4) is 5.75 Å². The molecule has 0 saturated carbocycles. The van der Waals surface area contributed by atoms with E-state index in [2.05, 4.69) is 5.32 Å². The molecule has 6 heteroatoms. The van der Waals surface area contributed by atoms with Gasteiger partial charge in [0.25, 0.3) is 5.91 Å². The van der Waals surface area contributed by atoms with Gasteiger partial charge in [0.2, 0.25) is 0 Å². The predicted octanol–water partition coefficient (Wildman–Crippen LogP) is 5.02. The number of anilines is 1. The molecule has 0 heterocycles. The Hall–Kier alpha value is -2.50. The lowest BCUT2D eigenvalue weighted by atomic mass is 9.86. The van der Waals surface area contributed by atoms with Gasteiger partial charge in [0, 0.05) is 5.69 Å². The van der Waals surface area contributed by atoms with Crippen LogP contribution in [0.15, 0.2) is 48.5 Å². The lowest BCUT2D eigenvalue weighted by molar-refractivity contribution is -0.137. The molecule has 0 radical (unpaired) electrons. The van der Waals surface area contributed by atoms with Crippen molar-refractivity contribution in [3.63, 3.8) is 0 Å². The quantitative estimate of drug-likeness (QED) is 0.840. The number of halogens is 3. The molecular formula is C19H20F3NO2. The van der Waals surface area contributed by atoms with Crippen LogP contribution in [-0.2, 0) is 16.4 Å². The number of benzene rings is 2. The van der Waals surface area contributed by atoms with Gasteiger partial charge in [0.15, 0.2) is 6.61 Å². The summed E-state index contributed by atoms with van der Waals surface area (Å²) in [6.07, 6.45) is -4.46. The lowest BCUT2D eigenvalue weighted by Gasteiger charge is -2.22. The number of carbonyl (C=O) groups excluding carboxylic acids is 1. The van der Waals surface area contributed by atoms with Gasteiger partial charge in [0.1, 0.15) is 5.75 Å². The van der Waals surface area contributed by atoms with Gasteiger partial charge in [-0.2, -0.15) is 13.2 Å². The molecule has 0 spiro atoms. The van der Waals surface area contributed by atoms with E-state index in [1.807, 2.05) is 32.9 Å². The van der Waals surface area contributed by atoms with Crippen LogP contribution in [0.3, 0.4) is 0 Å². The van der Waals surface area contributed by atoms with Gasteiger partial charge in [-0.25, -0.2) is 0 Å². The number of para-hydroxylation sites is 1. The Morgan fingerprint density at radius 1 is 1.04 bits per heavy atom. The summed E-state index contributed by atoms with van der Waals surface area (Å²) in [5.41, 5.74) is 0.0485. The number of ether oxygens (including phenoxy) is 1. The van der Waals surface area contributed by atoms with Crippen molar-refractivity contribution in [2.24, 2.45) is 0 Å². The Balaban J connectivity index is 2.03. The molecule has 0 aromatic heterocycles. The highest BCUT2D eigenvalue weighted by Gasteiger charge is 2.30. The van der Waals surface area contributed by atoms with Crippen molar-refractivity contribution in [2.45, 2.75) is 32.4 Å². The predicted molar refractivity (Wildman–Crippen MR) is 90.7 cm³/mol. The summed E-state index contributed by atoms with van der Waals surface area (Å²) in [5, 5.41) is 2.42. The van der Waals surface area contributed by atoms with E-state index in [0.717, 1.165) is 17.7 Å². The maximum absolute atomic E-state index is 12.7. The first-order valence-corrected chi connectivity index (χ1v) is 7.77. The second-order valence-corrected chi connectivity index (χ2v) is 6.66. The van der Waals surface area contributed by atoms with Crippen molar-refractivity contribution in [2.75, 3.05) is 11.9 Å². The molecule has 3 nitrogen and oxygen atoms in total. The summed E-state index contributed by atoms with van der Waals surface area (Å²) in [6, 6.07) is 11.8. The summed E-state index contributed by atoms with van der Waals surface area (Å²) in [5.74, 6) is 0.0530. The molecule has 0 aliphatic rings. The van der Waals surface area contributed by atoms with Crippen LogP contribution >= 0.6 is 0 Å². The molecule has 2 aromatic rings. The minimum atomic E-state index is -4.46. The van der Waals surface area contributed by atoms with Gasteiger partial charge < -0.3 is 10.1 Å². The zero-order chi connectivity index (χ0) is 18.7. The Kier molecular flexibility index (Phi) is 5.40. The smallest absolute Gasteiger partial charge is 0.416 e. The average Bonchev–Trinajstić information content (AvgIpc) is 2.52. The van der Waals surface area contributed by atoms with E-state index in [-0.39, 0.29) is 17.7 Å². The number of alkyl halides is 3. The highest BCUT2D eigenvalue weighted by molar-refractivity contribution is 5.92. The molecule has 1 amide bonds. The number of hydrogen-bond donors (Lipinski definition) is 1. The summed E-state index contributed by atoms with van der Waals surface area (Å²) in [6.45, 7) is 5.79. The van der Waals surface area contributed by atoms with Gasteiger partial charge >= 0.3 is 6.18 Å². The third-order valence-corrected chi connectivity index (χ3v) is 3.53. The van der Waals surface area contributed by atoms with E-state index in [1.165, 1.54) is 12.1 Å². The fraction of sp³-hybridized carbons (Fsp3) is 0.316. The van der Waals surface area contributed by atoms with Gasteiger partial charge in [-0.15, -0.1) is 0 Å². The minimum Gasteiger partial charge on any atom is -0.483 e. The fourth-order valence-corrected chi connectivity index (χ4v) is 2.33. The van der Waals surface area contributed by atoms with E-state index in [4.69, 9.17) is 4.74 Å². The molecule has 25 heavy (non-hydrogen) atoms. The summed E-state index contributed by atoms with van der Waals surface area (Å²) in [4.78, 5) is 12.0. The second-order valence-electron chi connectivity index (χ2n) is 6.66. The third-order valence-electron chi connectivity index (χ3n) is 3.53. The van der Waals surface area contributed by atoms with Gasteiger partial charge in [-0.3, -0.25) is 4.79 Å². The zero-order valence-corrected chi connectivity index (χ0v) is 14.3. The molecule has 0 saturated heterocycles. The minimum absolute atomic E-state index is 0.0764. The Morgan fingerprint density at radius 3 is 2.36 bits per heavy atom. The SMILES string of the molecule is CC(C)(C)c1ccccc1OCC(=O)Nc1cccc(C(F)(F)F)c1. The first-order valence-electron chi connectivity index (χ1n) is 7.77. The molecular weight excluding hydrogens is 331 g/mol. The summed E-state index contributed by atoms with van der Waals surface area (Å²) < 4.78 is 43.6. The van der Waals surface area contributed by atoms with E-state index in [0.29, 0.717) is 5.75 Å². The number of rotatable bonds is 4. The van der Waals surface area contributed by atoms with Crippen molar-refractivity contribution in [1.82, 2.24) is 0 Å².